The molecule has 3 aliphatic rings. The zero-order chi connectivity index (χ0) is 6.60. The topological polar surface area (TPSA) is 15.6 Å². The van der Waals surface area contributed by atoms with Crippen molar-refractivity contribution in [2.45, 2.75) is 5.54 Å². The van der Waals surface area contributed by atoms with Crippen LogP contribution in [0, 0.1) is 0 Å². The van der Waals surface area contributed by atoms with Gasteiger partial charge in [0.15, 0.2) is 0 Å². The van der Waals surface area contributed by atoms with Crippen molar-refractivity contribution in [1.82, 2.24) is 4.90 Å². The molecule has 0 radical (unpaired) electrons. The van der Waals surface area contributed by atoms with Crippen LogP contribution in [-0.4, -0.2) is 16.7 Å². The van der Waals surface area contributed by atoms with Crippen LogP contribution in [0.4, 0.5) is 0 Å². The van der Waals surface area contributed by atoms with E-state index < -0.39 is 0 Å². The Kier molecular flexibility index (Phi) is 0.495. The summed E-state index contributed by atoms with van der Waals surface area (Å²) < 4.78 is 0. The van der Waals surface area contributed by atoms with Gasteiger partial charge in [-0.05, 0) is 17.7 Å². The molecule has 2 heterocycles. The van der Waals surface area contributed by atoms with Gasteiger partial charge in [-0.15, -0.1) is 0 Å². The minimum Gasteiger partial charge on any atom is -0.334 e. The van der Waals surface area contributed by atoms with Gasteiger partial charge in [0.1, 0.15) is 5.54 Å². The first kappa shape index (κ1) is 4.50. The predicted molar refractivity (Wildman–Crippen MR) is 39.4 cm³/mol. The van der Waals surface area contributed by atoms with Gasteiger partial charge in [0.05, 0.1) is 0 Å². The first-order chi connectivity index (χ1) is 4.92. The Morgan fingerprint density at radius 1 is 1.40 bits per heavy atom. The molecule has 1 aliphatic carbocycles. The molecule has 2 aliphatic heterocycles. The summed E-state index contributed by atoms with van der Waals surface area (Å²) in [7, 11) is 0. The molecule has 0 bridgehead atoms. The van der Waals surface area contributed by atoms with Crippen molar-refractivity contribution in [2.24, 2.45) is 4.99 Å². The average molecular weight is 130 g/mol. The zero-order valence-electron chi connectivity index (χ0n) is 5.36. The lowest BCUT2D eigenvalue weighted by atomic mass is 10.2. The molecule has 0 fully saturated rings. The number of rotatable bonds is 0. The van der Waals surface area contributed by atoms with Crippen LogP contribution in [0.3, 0.4) is 0 Å². The van der Waals surface area contributed by atoms with Gasteiger partial charge in [-0.25, -0.2) is 0 Å². The van der Waals surface area contributed by atoms with Gasteiger partial charge in [-0.2, -0.15) is 0 Å². The molecule has 0 aromatic rings. The number of hydrogen-bond acceptors (Lipinski definition) is 2. The van der Waals surface area contributed by atoms with Crippen LogP contribution in [0.25, 0.3) is 0 Å². The molecule has 0 aromatic heterocycles. The van der Waals surface area contributed by atoms with Crippen molar-refractivity contribution in [3.63, 3.8) is 0 Å². The first-order valence-electron chi connectivity index (χ1n) is 3.33. The fourth-order valence-electron chi connectivity index (χ4n) is 1.51. The Labute approximate surface area is 58.9 Å². The third-order valence-electron chi connectivity index (χ3n) is 2.18. The standard InChI is InChI=1S/C8H6N2/c1-3-10-4-2-9-6-8(10)5-7(1)8/h1-6H. The molecule has 0 saturated carbocycles. The van der Waals surface area contributed by atoms with E-state index in [0.29, 0.717) is 0 Å². The SMILES string of the molecule is C1=CN2C=CC3=CC32C=N1. The molecule has 1 spiro atoms. The fourth-order valence-corrected chi connectivity index (χ4v) is 1.51. The van der Waals surface area contributed by atoms with Crippen LogP contribution < -0.4 is 0 Å². The third kappa shape index (κ3) is 0.304. The normalized spacial score (nSPS) is 37.6. The molecule has 10 heavy (non-hydrogen) atoms. The Bertz CT molecular complexity index is 309. The quantitative estimate of drug-likeness (QED) is 0.478. The summed E-state index contributed by atoms with van der Waals surface area (Å²) in [5.41, 5.74) is 1.47. The van der Waals surface area contributed by atoms with E-state index in [1.165, 1.54) is 5.57 Å². The van der Waals surface area contributed by atoms with Crippen molar-refractivity contribution >= 4 is 6.21 Å². The largest absolute Gasteiger partial charge is 0.334 e. The molecule has 2 heteroatoms. The van der Waals surface area contributed by atoms with E-state index >= 15 is 0 Å². The van der Waals surface area contributed by atoms with Crippen molar-refractivity contribution in [1.29, 1.82) is 0 Å². The number of nitrogens with zero attached hydrogens (tertiary/aromatic N) is 2. The maximum atomic E-state index is 4.09. The number of hydrogen-bond donors (Lipinski definition) is 0. The molecule has 3 rings (SSSR count). The Hall–Kier alpha value is -1.31. The van der Waals surface area contributed by atoms with Crippen LogP contribution in [-0.2, 0) is 0 Å². The molecular formula is C8H6N2. The molecule has 0 saturated heterocycles. The van der Waals surface area contributed by atoms with E-state index in [1.807, 2.05) is 18.6 Å². The zero-order valence-corrected chi connectivity index (χ0v) is 5.36. The second-order valence-corrected chi connectivity index (χ2v) is 2.72. The molecule has 48 valence electrons. The van der Waals surface area contributed by atoms with E-state index in [4.69, 9.17) is 0 Å². The molecule has 0 aromatic carbocycles. The summed E-state index contributed by atoms with van der Waals surface area (Å²) in [5.74, 6) is 0. The number of aliphatic imine (C=N–C) groups is 1. The Morgan fingerprint density at radius 3 is 3.20 bits per heavy atom. The van der Waals surface area contributed by atoms with Gasteiger partial charge < -0.3 is 4.90 Å². The monoisotopic (exact) mass is 130 g/mol. The van der Waals surface area contributed by atoms with Gasteiger partial charge in [0, 0.05) is 24.8 Å². The first-order valence-corrected chi connectivity index (χ1v) is 3.33. The minimum atomic E-state index is 0.0920. The van der Waals surface area contributed by atoms with Crippen LogP contribution >= 0.6 is 0 Å². The van der Waals surface area contributed by atoms with Gasteiger partial charge in [-0.3, -0.25) is 4.99 Å². The summed E-state index contributed by atoms with van der Waals surface area (Å²) >= 11 is 0. The second-order valence-electron chi connectivity index (χ2n) is 2.72. The van der Waals surface area contributed by atoms with Crippen LogP contribution in [0.5, 0.6) is 0 Å². The summed E-state index contributed by atoms with van der Waals surface area (Å²) in [6, 6.07) is 0. The lowest BCUT2D eigenvalue weighted by Crippen LogP contribution is -2.31. The second kappa shape index (κ2) is 1.10. The van der Waals surface area contributed by atoms with Gasteiger partial charge in [0.25, 0.3) is 0 Å². The molecule has 0 amide bonds. The van der Waals surface area contributed by atoms with E-state index in [9.17, 15) is 0 Å². The van der Waals surface area contributed by atoms with Gasteiger partial charge >= 0.3 is 0 Å². The van der Waals surface area contributed by atoms with Crippen LogP contribution in [0.15, 0.2) is 41.3 Å². The maximum Gasteiger partial charge on any atom is 0.123 e. The molecule has 1 atom stereocenters. The fraction of sp³-hybridized carbons (Fsp3) is 0.125. The van der Waals surface area contributed by atoms with E-state index in [2.05, 4.69) is 28.2 Å². The van der Waals surface area contributed by atoms with E-state index in [0.717, 1.165) is 0 Å². The third-order valence-corrected chi connectivity index (χ3v) is 2.18. The summed E-state index contributed by atoms with van der Waals surface area (Å²) in [6.07, 6.45) is 12.2. The van der Waals surface area contributed by atoms with Crippen LogP contribution in [0.2, 0.25) is 0 Å². The summed E-state index contributed by atoms with van der Waals surface area (Å²) in [5, 5.41) is 0. The van der Waals surface area contributed by atoms with Gasteiger partial charge in [-0.1, -0.05) is 0 Å². The van der Waals surface area contributed by atoms with Crippen molar-refractivity contribution in [3.8, 4) is 0 Å². The van der Waals surface area contributed by atoms with E-state index in [1.54, 1.807) is 0 Å². The smallest absolute Gasteiger partial charge is 0.123 e. The molecular weight excluding hydrogens is 124 g/mol. The highest BCUT2D eigenvalue weighted by Crippen LogP contribution is 2.45. The highest BCUT2D eigenvalue weighted by molar-refractivity contribution is 5.91. The van der Waals surface area contributed by atoms with Gasteiger partial charge in [0.2, 0.25) is 0 Å². The molecule has 0 N–H and O–H groups in total. The molecule has 2 nitrogen and oxygen atoms in total. The maximum absolute atomic E-state index is 4.09. The summed E-state index contributed by atoms with van der Waals surface area (Å²) in [6.45, 7) is 0. The Balaban J connectivity index is 2.15. The Morgan fingerprint density at radius 2 is 2.40 bits per heavy atom. The molecule has 1 unspecified atom stereocenters. The van der Waals surface area contributed by atoms with Crippen molar-refractivity contribution < 1.29 is 0 Å². The lowest BCUT2D eigenvalue weighted by molar-refractivity contribution is 0.474. The predicted octanol–water partition coefficient (Wildman–Crippen LogP) is 1.05. The minimum absolute atomic E-state index is 0.0920. The average Bonchev–Trinajstić information content (AvgIpc) is 2.55. The summed E-state index contributed by atoms with van der Waals surface area (Å²) in [4.78, 5) is 6.26. The highest BCUT2D eigenvalue weighted by Gasteiger charge is 2.49. The van der Waals surface area contributed by atoms with Crippen molar-refractivity contribution in [2.75, 3.05) is 0 Å². The van der Waals surface area contributed by atoms with Crippen molar-refractivity contribution in [3.05, 3.63) is 36.3 Å². The lowest BCUT2D eigenvalue weighted by Gasteiger charge is -2.23. The van der Waals surface area contributed by atoms with E-state index in [-0.39, 0.29) is 5.54 Å². The van der Waals surface area contributed by atoms with Crippen LogP contribution in [0.1, 0.15) is 0 Å². The highest BCUT2D eigenvalue weighted by atomic mass is 15.2.